The van der Waals surface area contributed by atoms with Crippen molar-refractivity contribution in [1.29, 1.82) is 0 Å². The highest BCUT2D eigenvalue weighted by Crippen LogP contribution is 2.23. The molecule has 1 amide bonds. The highest BCUT2D eigenvalue weighted by Gasteiger charge is 2.16. The summed E-state index contributed by atoms with van der Waals surface area (Å²) in [7, 11) is 1.49. The summed E-state index contributed by atoms with van der Waals surface area (Å²) in [4.78, 5) is 11.6. The molecule has 0 radical (unpaired) electrons. The van der Waals surface area contributed by atoms with E-state index in [0.29, 0.717) is 19.1 Å². The number of anilines is 1. The average Bonchev–Trinajstić information content (AvgIpc) is 2.32. The number of rotatable bonds is 5. The lowest BCUT2D eigenvalue weighted by Gasteiger charge is -2.12. The second kappa shape index (κ2) is 6.77. The predicted molar refractivity (Wildman–Crippen MR) is 67.2 cm³/mol. The zero-order valence-corrected chi connectivity index (χ0v) is 11.3. The summed E-state index contributed by atoms with van der Waals surface area (Å²) in [6.45, 7) is 0.324. The molecule has 0 aromatic heterocycles. The quantitative estimate of drug-likeness (QED) is 0.815. The van der Waals surface area contributed by atoms with Gasteiger partial charge in [-0.1, -0.05) is 0 Å². The molecule has 1 atom stereocenters. The van der Waals surface area contributed by atoms with Crippen LogP contribution in [0.25, 0.3) is 0 Å². The van der Waals surface area contributed by atoms with Crippen LogP contribution in [0.5, 0.6) is 0 Å². The lowest BCUT2D eigenvalue weighted by atomic mass is 10.2. The Morgan fingerprint density at radius 3 is 2.78 bits per heavy atom. The Bertz CT molecular complexity index is 443. The number of hydrogen-bond donors (Lipinski definition) is 2. The SMILES string of the molecule is COCCC(N)C(=O)Nc1cc(Br)c(F)cc1F. The van der Waals surface area contributed by atoms with Gasteiger partial charge in [0, 0.05) is 19.8 Å². The first-order valence-corrected chi connectivity index (χ1v) is 5.95. The second-order valence-electron chi connectivity index (χ2n) is 3.62. The van der Waals surface area contributed by atoms with E-state index in [1.807, 2.05) is 0 Å². The Labute approximate surface area is 112 Å². The van der Waals surface area contributed by atoms with Crippen molar-refractivity contribution in [3.05, 3.63) is 28.2 Å². The summed E-state index contributed by atoms with van der Waals surface area (Å²) < 4.78 is 31.2. The van der Waals surface area contributed by atoms with Crippen LogP contribution in [0.3, 0.4) is 0 Å². The van der Waals surface area contributed by atoms with Gasteiger partial charge in [0.1, 0.15) is 11.6 Å². The van der Waals surface area contributed by atoms with E-state index in [0.717, 1.165) is 6.07 Å². The largest absolute Gasteiger partial charge is 0.385 e. The van der Waals surface area contributed by atoms with Crippen LogP contribution in [-0.4, -0.2) is 25.7 Å². The van der Waals surface area contributed by atoms with Gasteiger partial charge in [0.2, 0.25) is 5.91 Å². The van der Waals surface area contributed by atoms with Crippen molar-refractivity contribution in [2.45, 2.75) is 12.5 Å². The molecule has 3 N–H and O–H groups in total. The molecule has 0 fully saturated rings. The Balaban J connectivity index is 2.72. The third-order valence-corrected chi connectivity index (χ3v) is 2.85. The van der Waals surface area contributed by atoms with Crippen LogP contribution in [-0.2, 0) is 9.53 Å². The van der Waals surface area contributed by atoms with E-state index in [1.54, 1.807) is 0 Å². The summed E-state index contributed by atoms with van der Waals surface area (Å²) in [5.41, 5.74) is 5.44. The van der Waals surface area contributed by atoms with Gasteiger partial charge in [0.25, 0.3) is 0 Å². The van der Waals surface area contributed by atoms with Crippen molar-refractivity contribution in [1.82, 2.24) is 0 Å². The van der Waals surface area contributed by atoms with Crippen LogP contribution in [0.15, 0.2) is 16.6 Å². The Morgan fingerprint density at radius 2 is 2.17 bits per heavy atom. The third-order valence-electron chi connectivity index (χ3n) is 2.24. The minimum Gasteiger partial charge on any atom is -0.385 e. The number of amides is 1. The molecule has 0 saturated heterocycles. The number of nitrogens with one attached hydrogen (secondary N) is 1. The maximum absolute atomic E-state index is 13.4. The first kappa shape index (κ1) is 15.0. The van der Waals surface area contributed by atoms with E-state index in [2.05, 4.69) is 21.2 Å². The van der Waals surface area contributed by atoms with Gasteiger partial charge < -0.3 is 15.8 Å². The number of carbonyl (C=O) groups excluding carboxylic acids is 1. The first-order valence-electron chi connectivity index (χ1n) is 5.15. The fourth-order valence-electron chi connectivity index (χ4n) is 1.22. The lowest BCUT2D eigenvalue weighted by Crippen LogP contribution is -2.36. The molecule has 0 aliphatic carbocycles. The van der Waals surface area contributed by atoms with E-state index >= 15 is 0 Å². The van der Waals surface area contributed by atoms with Gasteiger partial charge in [-0.25, -0.2) is 8.78 Å². The molecule has 7 heteroatoms. The fraction of sp³-hybridized carbons (Fsp3) is 0.364. The van der Waals surface area contributed by atoms with Crippen molar-refractivity contribution in [3.8, 4) is 0 Å². The van der Waals surface area contributed by atoms with Gasteiger partial charge in [-0.15, -0.1) is 0 Å². The zero-order chi connectivity index (χ0) is 13.7. The van der Waals surface area contributed by atoms with E-state index < -0.39 is 23.6 Å². The van der Waals surface area contributed by atoms with Crippen molar-refractivity contribution >= 4 is 27.5 Å². The van der Waals surface area contributed by atoms with Crippen LogP contribution < -0.4 is 11.1 Å². The number of benzene rings is 1. The molecular formula is C11H13BrF2N2O2. The highest BCUT2D eigenvalue weighted by atomic mass is 79.9. The van der Waals surface area contributed by atoms with E-state index in [-0.39, 0.29) is 10.2 Å². The smallest absolute Gasteiger partial charge is 0.241 e. The monoisotopic (exact) mass is 322 g/mol. The van der Waals surface area contributed by atoms with E-state index in [9.17, 15) is 13.6 Å². The van der Waals surface area contributed by atoms with Crippen LogP contribution in [0.1, 0.15) is 6.42 Å². The molecule has 0 spiro atoms. The third kappa shape index (κ3) is 4.01. The normalized spacial score (nSPS) is 12.3. The molecule has 1 aromatic carbocycles. The topological polar surface area (TPSA) is 64.3 Å². The highest BCUT2D eigenvalue weighted by molar-refractivity contribution is 9.10. The first-order chi connectivity index (χ1) is 8.45. The van der Waals surface area contributed by atoms with E-state index in [1.165, 1.54) is 7.11 Å². The number of ether oxygens (including phenoxy) is 1. The Morgan fingerprint density at radius 1 is 1.50 bits per heavy atom. The molecular weight excluding hydrogens is 310 g/mol. The molecule has 0 bridgehead atoms. The van der Waals surface area contributed by atoms with Gasteiger partial charge in [-0.2, -0.15) is 0 Å². The number of halogens is 3. The average molecular weight is 323 g/mol. The molecule has 1 unspecified atom stereocenters. The van der Waals surface area contributed by atoms with E-state index in [4.69, 9.17) is 10.5 Å². The molecule has 0 saturated carbocycles. The summed E-state index contributed by atoms with van der Waals surface area (Å²) in [5, 5.41) is 2.30. The summed E-state index contributed by atoms with van der Waals surface area (Å²) in [6.07, 6.45) is 0.312. The number of carbonyl (C=O) groups is 1. The number of hydrogen-bond acceptors (Lipinski definition) is 3. The van der Waals surface area contributed by atoms with Crippen LogP contribution in [0.2, 0.25) is 0 Å². The van der Waals surface area contributed by atoms with Crippen molar-refractivity contribution in [2.24, 2.45) is 5.73 Å². The molecule has 4 nitrogen and oxygen atoms in total. The molecule has 0 heterocycles. The van der Waals surface area contributed by atoms with Gasteiger partial charge >= 0.3 is 0 Å². The summed E-state index contributed by atoms with van der Waals surface area (Å²) >= 11 is 2.90. The molecule has 18 heavy (non-hydrogen) atoms. The minimum atomic E-state index is -0.858. The van der Waals surface area contributed by atoms with Crippen molar-refractivity contribution in [2.75, 3.05) is 19.0 Å². The number of nitrogens with two attached hydrogens (primary N) is 1. The van der Waals surface area contributed by atoms with Crippen molar-refractivity contribution < 1.29 is 18.3 Å². The van der Waals surface area contributed by atoms with Gasteiger partial charge in [-0.3, -0.25) is 4.79 Å². The van der Waals surface area contributed by atoms with Crippen LogP contribution in [0.4, 0.5) is 14.5 Å². The standard InChI is InChI=1S/C11H13BrF2N2O2/c1-18-3-2-9(15)11(17)16-10-4-6(12)7(13)5-8(10)14/h4-5,9H,2-3,15H2,1H3,(H,16,17). The molecule has 0 aliphatic rings. The van der Waals surface area contributed by atoms with Crippen molar-refractivity contribution in [3.63, 3.8) is 0 Å². The zero-order valence-electron chi connectivity index (χ0n) is 9.67. The lowest BCUT2D eigenvalue weighted by molar-refractivity contribution is -0.117. The molecule has 1 aromatic rings. The Kier molecular flexibility index (Phi) is 5.64. The number of methoxy groups -OCH3 is 1. The maximum atomic E-state index is 13.4. The molecule has 0 aliphatic heterocycles. The minimum absolute atomic E-state index is 0.0599. The predicted octanol–water partition coefficient (Wildman–Crippen LogP) is 2.03. The van der Waals surface area contributed by atoms with Crippen LogP contribution >= 0.6 is 15.9 Å². The fourth-order valence-corrected chi connectivity index (χ4v) is 1.56. The summed E-state index contributed by atoms with van der Waals surface area (Å²) in [6, 6.07) is 1.01. The van der Waals surface area contributed by atoms with Crippen LogP contribution in [0, 0.1) is 11.6 Å². The van der Waals surface area contributed by atoms with Gasteiger partial charge in [0.05, 0.1) is 16.2 Å². The molecule has 1 rings (SSSR count). The second-order valence-corrected chi connectivity index (χ2v) is 4.48. The summed E-state index contributed by atoms with van der Waals surface area (Å²) in [5.74, 6) is -2.15. The van der Waals surface area contributed by atoms with Gasteiger partial charge in [-0.05, 0) is 28.4 Å². The Hall–Kier alpha value is -1.05. The molecule has 100 valence electrons. The van der Waals surface area contributed by atoms with Gasteiger partial charge in [0.15, 0.2) is 0 Å². The maximum Gasteiger partial charge on any atom is 0.241 e.